The number of hydrogen-bond donors (Lipinski definition) is 1. The zero-order chi connectivity index (χ0) is 19.5. The zero-order valence-corrected chi connectivity index (χ0v) is 21.3. The van der Waals surface area contributed by atoms with Crippen LogP contribution in [0.2, 0.25) is 5.02 Å². The van der Waals surface area contributed by atoms with Crippen LogP contribution in [0.4, 0.5) is 11.4 Å². The van der Waals surface area contributed by atoms with Gasteiger partial charge in [0, 0.05) is 16.8 Å². The Hall–Kier alpha value is -0.620. The number of aromatic carboxylic acids is 1. The van der Waals surface area contributed by atoms with Gasteiger partial charge in [0.15, 0.2) is 0 Å². The average Bonchev–Trinajstić information content (AvgIpc) is 2.55. The first-order valence-electron chi connectivity index (χ1n) is 7.26. The SMILES string of the molecule is C/C=N\N(Nc1ccc(Cl)cc1C)c1ccc(S(=O)(=O)[O-])cc1C(=O)[O-].[Na+].[Na+]. The number of rotatable bonds is 6. The first kappa shape index (κ1) is 27.4. The summed E-state index contributed by atoms with van der Waals surface area (Å²) in [5.74, 6) is -1.66. The van der Waals surface area contributed by atoms with Gasteiger partial charge in [0.1, 0.15) is 10.1 Å². The number of aryl methyl sites for hydroxylation is 1. The van der Waals surface area contributed by atoms with Gasteiger partial charge in [-0.1, -0.05) is 11.6 Å². The summed E-state index contributed by atoms with van der Waals surface area (Å²) in [5.41, 5.74) is 3.74. The molecule has 0 saturated heterocycles. The molecule has 28 heavy (non-hydrogen) atoms. The molecule has 2 aromatic carbocycles. The van der Waals surface area contributed by atoms with Crippen molar-refractivity contribution in [1.29, 1.82) is 0 Å². The minimum atomic E-state index is -4.82. The number of anilines is 2. The van der Waals surface area contributed by atoms with Crippen molar-refractivity contribution in [3.05, 3.63) is 52.5 Å². The molecule has 0 amide bonds. The van der Waals surface area contributed by atoms with Gasteiger partial charge in [0.2, 0.25) is 0 Å². The molecular weight excluding hydrogens is 428 g/mol. The van der Waals surface area contributed by atoms with E-state index in [2.05, 4.69) is 10.5 Å². The fraction of sp³-hybridized carbons (Fsp3) is 0.125. The van der Waals surface area contributed by atoms with Crippen LogP contribution in [0.1, 0.15) is 22.8 Å². The fourth-order valence-corrected chi connectivity index (χ4v) is 2.88. The summed E-state index contributed by atoms with van der Waals surface area (Å²) in [6.45, 7) is 3.40. The number of carbonyl (C=O) groups excluding carboxylic acids is 1. The number of carbonyl (C=O) groups is 1. The second-order valence-corrected chi connectivity index (χ2v) is 6.99. The maximum atomic E-state index is 11.4. The minimum absolute atomic E-state index is 0. The molecule has 0 unspecified atom stereocenters. The van der Waals surface area contributed by atoms with Crippen molar-refractivity contribution in [3.8, 4) is 0 Å². The molecule has 0 heterocycles. The molecule has 0 atom stereocenters. The Bertz CT molecular complexity index is 986. The van der Waals surface area contributed by atoms with Crippen LogP contribution < -0.4 is 74.8 Å². The summed E-state index contributed by atoms with van der Waals surface area (Å²) in [5, 5.41) is 17.1. The zero-order valence-electron chi connectivity index (χ0n) is 15.8. The van der Waals surface area contributed by atoms with Gasteiger partial charge in [0.25, 0.3) is 0 Å². The summed E-state index contributed by atoms with van der Waals surface area (Å²) in [6.07, 6.45) is 1.40. The van der Waals surface area contributed by atoms with Crippen LogP contribution in [-0.4, -0.2) is 25.2 Å². The standard InChI is InChI=1S/C16H16ClN3O5S.2Na/c1-3-18-20(19-14-6-4-11(17)8-10(14)2)15-7-5-12(26(23,24)25)9-13(15)16(21)22;;/h3-9,19H,1-2H3,(H,21,22)(H,23,24,25);;/q;2*+1/p-2/b18-3-;;. The van der Waals surface area contributed by atoms with Crippen LogP contribution in [0.25, 0.3) is 0 Å². The molecule has 8 nitrogen and oxygen atoms in total. The number of hydrazone groups is 1. The second-order valence-electron chi connectivity index (χ2n) is 5.18. The van der Waals surface area contributed by atoms with Gasteiger partial charge in [0.05, 0.1) is 22.2 Å². The number of benzene rings is 2. The maximum Gasteiger partial charge on any atom is 1.00 e. The number of carboxylic acid groups (broad SMARTS) is 1. The summed E-state index contributed by atoms with van der Waals surface area (Å²) in [4.78, 5) is 10.8. The van der Waals surface area contributed by atoms with E-state index in [0.717, 1.165) is 28.9 Å². The summed E-state index contributed by atoms with van der Waals surface area (Å²) >= 11 is 5.92. The van der Waals surface area contributed by atoms with Gasteiger partial charge in [-0.2, -0.15) is 10.2 Å². The molecule has 0 aliphatic rings. The predicted molar refractivity (Wildman–Crippen MR) is 95.2 cm³/mol. The van der Waals surface area contributed by atoms with E-state index in [0.29, 0.717) is 10.7 Å². The molecule has 0 saturated carbocycles. The molecule has 0 aliphatic heterocycles. The Labute approximate surface area is 212 Å². The average molecular weight is 442 g/mol. The van der Waals surface area contributed by atoms with E-state index in [9.17, 15) is 22.9 Å². The van der Waals surface area contributed by atoms with E-state index in [1.165, 1.54) is 6.21 Å². The van der Waals surface area contributed by atoms with Crippen molar-refractivity contribution in [2.24, 2.45) is 5.10 Å². The van der Waals surface area contributed by atoms with Crippen LogP contribution in [-0.2, 0) is 10.1 Å². The molecule has 1 N–H and O–H groups in total. The van der Waals surface area contributed by atoms with Crippen LogP contribution in [0.3, 0.4) is 0 Å². The van der Waals surface area contributed by atoms with E-state index in [-0.39, 0.29) is 64.8 Å². The molecule has 0 fully saturated rings. The monoisotopic (exact) mass is 441 g/mol. The normalized spacial score (nSPS) is 10.7. The quantitative estimate of drug-likeness (QED) is 0.208. The topological polar surface area (TPSA) is 125 Å². The van der Waals surface area contributed by atoms with Crippen molar-refractivity contribution < 1.29 is 82.0 Å². The Morgan fingerprint density at radius 2 is 1.86 bits per heavy atom. The van der Waals surface area contributed by atoms with Crippen molar-refractivity contribution in [3.63, 3.8) is 0 Å². The van der Waals surface area contributed by atoms with Crippen LogP contribution in [0.15, 0.2) is 46.4 Å². The van der Waals surface area contributed by atoms with E-state index in [1.54, 1.807) is 32.0 Å². The van der Waals surface area contributed by atoms with Crippen LogP contribution in [0, 0.1) is 6.92 Å². The van der Waals surface area contributed by atoms with E-state index in [1.807, 2.05) is 0 Å². The molecule has 0 aliphatic carbocycles. The molecule has 0 aromatic heterocycles. The van der Waals surface area contributed by atoms with Crippen molar-refractivity contribution in [1.82, 2.24) is 0 Å². The van der Waals surface area contributed by atoms with Gasteiger partial charge < -0.3 is 14.5 Å². The van der Waals surface area contributed by atoms with E-state index >= 15 is 0 Å². The molecule has 0 bridgehead atoms. The third-order valence-electron chi connectivity index (χ3n) is 3.35. The van der Waals surface area contributed by atoms with Gasteiger partial charge in [-0.25, -0.2) is 8.42 Å². The van der Waals surface area contributed by atoms with Gasteiger partial charge in [-0.3, -0.25) is 5.43 Å². The molecule has 2 rings (SSSR count). The molecule has 2 aromatic rings. The minimum Gasteiger partial charge on any atom is -0.744 e. The first-order valence-corrected chi connectivity index (χ1v) is 9.05. The van der Waals surface area contributed by atoms with Gasteiger partial charge in [-0.15, -0.1) is 0 Å². The summed E-state index contributed by atoms with van der Waals surface area (Å²) < 4.78 is 33.4. The molecule has 0 spiro atoms. The van der Waals surface area contributed by atoms with Crippen LogP contribution >= 0.6 is 11.6 Å². The Morgan fingerprint density at radius 3 is 2.36 bits per heavy atom. The molecule has 12 heteroatoms. The number of nitrogens with zero attached hydrogens (tertiary/aromatic N) is 2. The Morgan fingerprint density at radius 1 is 1.21 bits per heavy atom. The van der Waals surface area contributed by atoms with Crippen molar-refractivity contribution in [2.75, 3.05) is 10.5 Å². The molecule has 138 valence electrons. The first-order chi connectivity index (χ1) is 12.1. The summed E-state index contributed by atoms with van der Waals surface area (Å²) in [7, 11) is -4.82. The second kappa shape index (κ2) is 11.5. The number of hydrogen-bond acceptors (Lipinski definition) is 8. The largest absolute Gasteiger partial charge is 1.00 e. The summed E-state index contributed by atoms with van der Waals surface area (Å²) in [6, 6.07) is 7.90. The van der Waals surface area contributed by atoms with E-state index < -0.39 is 26.5 Å². The fourth-order valence-electron chi connectivity index (χ4n) is 2.15. The van der Waals surface area contributed by atoms with Gasteiger partial charge in [-0.05, 0) is 55.8 Å². The smallest absolute Gasteiger partial charge is 0.744 e. The maximum absolute atomic E-state index is 11.4. The third kappa shape index (κ3) is 7.01. The molecular formula is C16H14ClN3Na2O5S. The number of halogens is 1. The third-order valence-corrected chi connectivity index (χ3v) is 4.42. The van der Waals surface area contributed by atoms with E-state index in [4.69, 9.17) is 11.6 Å². The Kier molecular flexibility index (Phi) is 11.3. The van der Waals surface area contributed by atoms with Crippen LogP contribution in [0.5, 0.6) is 0 Å². The van der Waals surface area contributed by atoms with Gasteiger partial charge >= 0.3 is 59.1 Å². The molecule has 0 radical (unpaired) electrons. The number of carboxylic acids is 1. The Balaban J connectivity index is 0.00000364. The van der Waals surface area contributed by atoms with Crippen molar-refractivity contribution >= 4 is 45.3 Å². The number of nitrogens with one attached hydrogen (secondary N) is 1. The number of hydrazine groups is 1. The van der Waals surface area contributed by atoms with Crippen molar-refractivity contribution in [2.45, 2.75) is 18.7 Å². The predicted octanol–water partition coefficient (Wildman–Crippen LogP) is -4.24.